The van der Waals surface area contributed by atoms with E-state index in [9.17, 15) is 0 Å². The second kappa shape index (κ2) is 7.44. The van der Waals surface area contributed by atoms with Crippen LogP contribution in [0, 0.1) is 5.92 Å². The molecule has 1 aliphatic carbocycles. The Morgan fingerprint density at radius 1 is 1.25 bits per heavy atom. The van der Waals surface area contributed by atoms with E-state index in [-0.39, 0.29) is 0 Å². The van der Waals surface area contributed by atoms with Crippen LogP contribution >= 0.6 is 11.6 Å². The molecule has 0 heterocycles. The SMILES string of the molecule is CNC(CCN(CC1CC1)C(C)C)c1ccc(Cl)cc1. The van der Waals surface area contributed by atoms with Crippen LogP contribution in [0.5, 0.6) is 0 Å². The van der Waals surface area contributed by atoms with Crippen molar-refractivity contribution in [1.29, 1.82) is 0 Å². The number of nitrogens with zero attached hydrogens (tertiary/aromatic N) is 1. The topological polar surface area (TPSA) is 15.3 Å². The number of benzene rings is 1. The molecule has 2 nitrogen and oxygen atoms in total. The third-order valence-electron chi connectivity index (χ3n) is 4.25. The van der Waals surface area contributed by atoms with Gasteiger partial charge in [0.25, 0.3) is 0 Å². The lowest BCUT2D eigenvalue weighted by Gasteiger charge is -2.28. The molecule has 0 radical (unpaired) electrons. The van der Waals surface area contributed by atoms with Gasteiger partial charge < -0.3 is 10.2 Å². The molecule has 0 aromatic heterocycles. The molecular formula is C17H27ClN2. The van der Waals surface area contributed by atoms with Crippen LogP contribution in [-0.2, 0) is 0 Å². The number of hydrogen-bond acceptors (Lipinski definition) is 2. The molecule has 20 heavy (non-hydrogen) atoms. The van der Waals surface area contributed by atoms with Gasteiger partial charge in [-0.15, -0.1) is 0 Å². The maximum atomic E-state index is 5.96. The van der Waals surface area contributed by atoms with Gasteiger partial charge in [-0.25, -0.2) is 0 Å². The van der Waals surface area contributed by atoms with Crippen LogP contribution in [0.15, 0.2) is 24.3 Å². The molecule has 1 atom stereocenters. The summed E-state index contributed by atoms with van der Waals surface area (Å²) >= 11 is 5.96. The zero-order valence-electron chi connectivity index (χ0n) is 12.9. The van der Waals surface area contributed by atoms with Gasteiger partial charge in [-0.3, -0.25) is 0 Å². The molecule has 3 heteroatoms. The van der Waals surface area contributed by atoms with E-state index in [4.69, 9.17) is 11.6 Å². The molecule has 1 aromatic carbocycles. The molecule has 1 saturated carbocycles. The Morgan fingerprint density at radius 2 is 1.90 bits per heavy atom. The molecule has 0 bridgehead atoms. The van der Waals surface area contributed by atoms with Crippen molar-refractivity contribution in [2.24, 2.45) is 5.92 Å². The van der Waals surface area contributed by atoms with Crippen molar-refractivity contribution in [3.8, 4) is 0 Å². The van der Waals surface area contributed by atoms with Gasteiger partial charge in [-0.2, -0.15) is 0 Å². The number of halogens is 1. The summed E-state index contributed by atoms with van der Waals surface area (Å²) in [5.41, 5.74) is 1.33. The Labute approximate surface area is 128 Å². The van der Waals surface area contributed by atoms with Crippen molar-refractivity contribution < 1.29 is 0 Å². The van der Waals surface area contributed by atoms with Gasteiger partial charge in [-0.05, 0) is 63.8 Å². The van der Waals surface area contributed by atoms with E-state index in [1.807, 2.05) is 19.2 Å². The number of rotatable bonds is 8. The molecule has 0 amide bonds. The summed E-state index contributed by atoms with van der Waals surface area (Å²) in [6.45, 7) is 7.04. The van der Waals surface area contributed by atoms with Crippen LogP contribution in [0.25, 0.3) is 0 Å². The predicted molar refractivity (Wildman–Crippen MR) is 87.3 cm³/mol. The van der Waals surface area contributed by atoms with Crippen LogP contribution in [0.2, 0.25) is 5.02 Å². The largest absolute Gasteiger partial charge is 0.313 e. The van der Waals surface area contributed by atoms with Gasteiger partial charge in [0.15, 0.2) is 0 Å². The third kappa shape index (κ3) is 4.76. The highest BCUT2D eigenvalue weighted by molar-refractivity contribution is 6.30. The van der Waals surface area contributed by atoms with Crippen molar-refractivity contribution >= 4 is 11.6 Å². The fraction of sp³-hybridized carbons (Fsp3) is 0.647. The first-order chi connectivity index (χ1) is 9.60. The van der Waals surface area contributed by atoms with E-state index in [1.54, 1.807) is 0 Å². The summed E-state index contributed by atoms with van der Waals surface area (Å²) in [6.07, 6.45) is 3.99. The van der Waals surface area contributed by atoms with Crippen molar-refractivity contribution in [3.63, 3.8) is 0 Å². The zero-order chi connectivity index (χ0) is 14.5. The maximum absolute atomic E-state index is 5.96. The fourth-order valence-electron chi connectivity index (χ4n) is 2.66. The standard InChI is InChI=1S/C17H27ClN2/c1-13(2)20(12-14-4-5-14)11-10-17(19-3)15-6-8-16(18)9-7-15/h6-9,13-14,17,19H,4-5,10-12H2,1-3H3. The zero-order valence-corrected chi connectivity index (χ0v) is 13.7. The minimum atomic E-state index is 0.410. The van der Waals surface area contributed by atoms with E-state index in [0.29, 0.717) is 12.1 Å². The Hall–Kier alpha value is -0.570. The van der Waals surface area contributed by atoms with E-state index < -0.39 is 0 Å². The molecule has 1 aliphatic rings. The van der Waals surface area contributed by atoms with Crippen LogP contribution in [0.3, 0.4) is 0 Å². The first-order valence-corrected chi connectivity index (χ1v) is 8.14. The molecule has 112 valence electrons. The minimum Gasteiger partial charge on any atom is -0.313 e. The highest BCUT2D eigenvalue weighted by Crippen LogP contribution is 2.30. The van der Waals surface area contributed by atoms with E-state index in [0.717, 1.165) is 23.9 Å². The lowest BCUT2D eigenvalue weighted by atomic mass is 10.0. The Bertz CT molecular complexity index is 398. The smallest absolute Gasteiger partial charge is 0.0406 e. The third-order valence-corrected chi connectivity index (χ3v) is 4.50. The number of hydrogen-bond donors (Lipinski definition) is 1. The first-order valence-electron chi connectivity index (χ1n) is 7.77. The molecule has 2 rings (SSSR count). The van der Waals surface area contributed by atoms with Crippen LogP contribution < -0.4 is 5.32 Å². The maximum Gasteiger partial charge on any atom is 0.0406 e. The van der Waals surface area contributed by atoms with Gasteiger partial charge in [-0.1, -0.05) is 23.7 Å². The Balaban J connectivity index is 1.89. The van der Waals surface area contributed by atoms with Crippen molar-refractivity contribution in [2.45, 2.75) is 45.2 Å². The normalized spacial score (nSPS) is 16.9. The molecule has 0 aliphatic heterocycles. The monoisotopic (exact) mass is 294 g/mol. The van der Waals surface area contributed by atoms with Gasteiger partial charge in [0.05, 0.1) is 0 Å². The molecule has 0 saturated heterocycles. The van der Waals surface area contributed by atoms with Gasteiger partial charge in [0.1, 0.15) is 0 Å². The molecule has 1 unspecified atom stereocenters. The summed E-state index contributed by atoms with van der Waals surface area (Å²) in [5.74, 6) is 0.959. The van der Waals surface area contributed by atoms with Gasteiger partial charge >= 0.3 is 0 Å². The first kappa shape index (κ1) is 15.8. The molecule has 0 spiro atoms. The second-order valence-electron chi connectivity index (χ2n) is 6.21. The van der Waals surface area contributed by atoms with Gasteiger partial charge in [0, 0.05) is 30.2 Å². The number of nitrogens with one attached hydrogen (secondary N) is 1. The van der Waals surface area contributed by atoms with Crippen molar-refractivity contribution in [3.05, 3.63) is 34.9 Å². The van der Waals surface area contributed by atoms with E-state index in [2.05, 4.69) is 36.2 Å². The average Bonchev–Trinajstić information content (AvgIpc) is 3.23. The Kier molecular flexibility index (Phi) is 5.88. The Morgan fingerprint density at radius 3 is 2.40 bits per heavy atom. The second-order valence-corrected chi connectivity index (χ2v) is 6.65. The highest BCUT2D eigenvalue weighted by Gasteiger charge is 2.25. The average molecular weight is 295 g/mol. The predicted octanol–water partition coefficient (Wildman–Crippen LogP) is 4.11. The fourth-order valence-corrected chi connectivity index (χ4v) is 2.79. The minimum absolute atomic E-state index is 0.410. The van der Waals surface area contributed by atoms with Crippen LogP contribution in [0.4, 0.5) is 0 Å². The summed E-state index contributed by atoms with van der Waals surface area (Å²) in [5, 5.41) is 4.24. The highest BCUT2D eigenvalue weighted by atomic mass is 35.5. The van der Waals surface area contributed by atoms with Crippen molar-refractivity contribution in [1.82, 2.24) is 10.2 Å². The quantitative estimate of drug-likeness (QED) is 0.776. The summed E-state index contributed by atoms with van der Waals surface area (Å²) in [6, 6.07) is 9.26. The molecule has 1 aromatic rings. The van der Waals surface area contributed by atoms with Crippen LogP contribution in [0.1, 0.15) is 44.7 Å². The van der Waals surface area contributed by atoms with E-state index in [1.165, 1.54) is 24.9 Å². The molecule has 1 N–H and O–H groups in total. The molecular weight excluding hydrogens is 268 g/mol. The lowest BCUT2D eigenvalue weighted by Crippen LogP contribution is -2.35. The molecule has 1 fully saturated rings. The summed E-state index contributed by atoms with van der Waals surface area (Å²) in [7, 11) is 2.04. The lowest BCUT2D eigenvalue weighted by molar-refractivity contribution is 0.202. The summed E-state index contributed by atoms with van der Waals surface area (Å²) in [4.78, 5) is 2.62. The van der Waals surface area contributed by atoms with Crippen LogP contribution in [-0.4, -0.2) is 31.1 Å². The van der Waals surface area contributed by atoms with Crippen molar-refractivity contribution in [2.75, 3.05) is 20.1 Å². The van der Waals surface area contributed by atoms with Gasteiger partial charge in [0.2, 0.25) is 0 Å². The van der Waals surface area contributed by atoms with E-state index >= 15 is 0 Å². The summed E-state index contributed by atoms with van der Waals surface area (Å²) < 4.78 is 0.